The smallest absolute Gasteiger partial charge is 0.208 e. The standard InChI is InChI=1S/C33H22ClN3/c34-33-36-31(26-14-8-3-9-15-26)35-32(37-33)27-18-16-25(17-19-27)30-21-28(23-10-4-1-5-11-23)20-29(22-30)24-12-6-2-7-13-24/h1-22H. The van der Waals surface area contributed by atoms with Gasteiger partial charge >= 0.3 is 0 Å². The molecule has 0 unspecified atom stereocenters. The second-order valence-electron chi connectivity index (χ2n) is 8.73. The summed E-state index contributed by atoms with van der Waals surface area (Å²) in [4.78, 5) is 13.4. The largest absolute Gasteiger partial charge is 0.226 e. The average molecular weight is 496 g/mol. The maximum Gasteiger partial charge on any atom is 0.226 e. The minimum absolute atomic E-state index is 0.177. The van der Waals surface area contributed by atoms with E-state index in [9.17, 15) is 0 Å². The first-order valence-electron chi connectivity index (χ1n) is 12.1. The molecule has 1 aromatic heterocycles. The molecule has 0 amide bonds. The fraction of sp³-hybridized carbons (Fsp3) is 0. The van der Waals surface area contributed by atoms with E-state index in [2.05, 4.69) is 93.8 Å². The van der Waals surface area contributed by atoms with Gasteiger partial charge in [0.15, 0.2) is 11.6 Å². The van der Waals surface area contributed by atoms with Crippen LogP contribution in [0.1, 0.15) is 0 Å². The molecule has 0 atom stereocenters. The molecule has 0 fully saturated rings. The van der Waals surface area contributed by atoms with Gasteiger partial charge in [-0.15, -0.1) is 0 Å². The number of rotatable bonds is 5. The third-order valence-corrected chi connectivity index (χ3v) is 6.43. The summed E-state index contributed by atoms with van der Waals surface area (Å²) < 4.78 is 0. The maximum absolute atomic E-state index is 6.27. The van der Waals surface area contributed by atoms with Gasteiger partial charge in [0.25, 0.3) is 0 Å². The lowest BCUT2D eigenvalue weighted by molar-refractivity contribution is 1.07. The van der Waals surface area contributed by atoms with Gasteiger partial charge in [-0.2, -0.15) is 9.97 Å². The van der Waals surface area contributed by atoms with E-state index in [-0.39, 0.29) is 5.28 Å². The Morgan fingerprint density at radius 1 is 0.324 bits per heavy atom. The van der Waals surface area contributed by atoms with E-state index in [4.69, 9.17) is 11.6 Å². The van der Waals surface area contributed by atoms with E-state index in [0.29, 0.717) is 11.6 Å². The number of hydrogen-bond donors (Lipinski definition) is 0. The van der Waals surface area contributed by atoms with Crippen LogP contribution in [-0.2, 0) is 0 Å². The second kappa shape index (κ2) is 10.2. The van der Waals surface area contributed by atoms with E-state index < -0.39 is 0 Å². The molecule has 0 radical (unpaired) electrons. The summed E-state index contributed by atoms with van der Waals surface area (Å²) in [6, 6.07) is 45.8. The first-order chi connectivity index (χ1) is 18.2. The molecular weight excluding hydrogens is 474 g/mol. The number of benzene rings is 5. The van der Waals surface area contributed by atoms with Gasteiger partial charge in [0.1, 0.15) is 0 Å². The summed E-state index contributed by atoms with van der Waals surface area (Å²) in [6.07, 6.45) is 0. The van der Waals surface area contributed by atoms with Crippen LogP contribution in [0, 0.1) is 0 Å². The molecule has 0 bridgehead atoms. The molecule has 0 saturated heterocycles. The Kier molecular flexibility index (Phi) is 6.28. The van der Waals surface area contributed by atoms with Crippen LogP contribution >= 0.6 is 11.6 Å². The molecule has 0 N–H and O–H groups in total. The highest BCUT2D eigenvalue weighted by atomic mass is 35.5. The van der Waals surface area contributed by atoms with Crippen LogP contribution in [0.15, 0.2) is 133 Å². The molecular formula is C33H22ClN3. The second-order valence-corrected chi connectivity index (χ2v) is 9.06. The van der Waals surface area contributed by atoms with Gasteiger partial charge in [0, 0.05) is 11.1 Å². The summed E-state index contributed by atoms with van der Waals surface area (Å²) in [6.45, 7) is 0. The van der Waals surface area contributed by atoms with Gasteiger partial charge in [0.05, 0.1) is 0 Å². The molecule has 0 spiro atoms. The third kappa shape index (κ3) is 5.04. The lowest BCUT2D eigenvalue weighted by Crippen LogP contribution is -1.97. The van der Waals surface area contributed by atoms with Crippen LogP contribution in [0.2, 0.25) is 5.28 Å². The van der Waals surface area contributed by atoms with Crippen molar-refractivity contribution in [2.45, 2.75) is 0 Å². The van der Waals surface area contributed by atoms with E-state index in [1.807, 2.05) is 54.6 Å². The zero-order valence-electron chi connectivity index (χ0n) is 19.9. The third-order valence-electron chi connectivity index (χ3n) is 6.26. The normalized spacial score (nSPS) is 10.8. The van der Waals surface area contributed by atoms with Crippen molar-refractivity contribution in [1.29, 1.82) is 0 Å². The number of aromatic nitrogens is 3. The molecule has 1 heterocycles. The SMILES string of the molecule is Clc1nc(-c2ccccc2)nc(-c2ccc(-c3cc(-c4ccccc4)cc(-c4ccccc4)c3)cc2)n1. The maximum atomic E-state index is 6.27. The van der Waals surface area contributed by atoms with E-state index in [0.717, 1.165) is 22.3 Å². The molecule has 3 nitrogen and oxygen atoms in total. The quantitative estimate of drug-likeness (QED) is 0.240. The number of nitrogens with zero attached hydrogens (tertiary/aromatic N) is 3. The molecule has 176 valence electrons. The zero-order chi connectivity index (χ0) is 25.0. The van der Waals surface area contributed by atoms with Crippen LogP contribution in [0.3, 0.4) is 0 Å². The van der Waals surface area contributed by atoms with Crippen molar-refractivity contribution in [3.05, 3.63) is 139 Å². The van der Waals surface area contributed by atoms with Crippen LogP contribution in [0.5, 0.6) is 0 Å². The van der Waals surface area contributed by atoms with Crippen molar-refractivity contribution in [2.75, 3.05) is 0 Å². The summed E-state index contributed by atoms with van der Waals surface area (Å²) in [5.74, 6) is 1.11. The van der Waals surface area contributed by atoms with Crippen molar-refractivity contribution in [3.8, 4) is 56.2 Å². The summed E-state index contributed by atoms with van der Waals surface area (Å²) >= 11 is 6.27. The molecule has 6 aromatic rings. The van der Waals surface area contributed by atoms with Crippen LogP contribution in [-0.4, -0.2) is 15.0 Å². The molecule has 5 aromatic carbocycles. The van der Waals surface area contributed by atoms with Crippen molar-refractivity contribution in [2.24, 2.45) is 0 Å². The average Bonchev–Trinajstić information content (AvgIpc) is 2.98. The van der Waals surface area contributed by atoms with E-state index in [1.54, 1.807) is 0 Å². The predicted molar refractivity (Wildman–Crippen MR) is 152 cm³/mol. The van der Waals surface area contributed by atoms with Crippen LogP contribution < -0.4 is 0 Å². The molecule has 0 saturated carbocycles. The van der Waals surface area contributed by atoms with Gasteiger partial charge in [-0.05, 0) is 63.2 Å². The lowest BCUT2D eigenvalue weighted by Gasteiger charge is -2.12. The zero-order valence-corrected chi connectivity index (χ0v) is 20.7. The minimum atomic E-state index is 0.177. The Bertz CT molecular complexity index is 1590. The van der Waals surface area contributed by atoms with E-state index in [1.165, 1.54) is 22.3 Å². The minimum Gasteiger partial charge on any atom is -0.208 e. The highest BCUT2D eigenvalue weighted by Crippen LogP contribution is 2.33. The predicted octanol–water partition coefficient (Wildman–Crippen LogP) is 8.86. The Balaban J connectivity index is 1.40. The van der Waals surface area contributed by atoms with Crippen molar-refractivity contribution >= 4 is 11.6 Å². The molecule has 0 aliphatic rings. The Labute approximate surface area is 221 Å². The van der Waals surface area contributed by atoms with Gasteiger partial charge in [-0.3, -0.25) is 0 Å². The van der Waals surface area contributed by atoms with Crippen LogP contribution in [0.25, 0.3) is 56.2 Å². The lowest BCUT2D eigenvalue weighted by atomic mass is 9.93. The fourth-order valence-electron chi connectivity index (χ4n) is 4.40. The Hall–Kier alpha value is -4.60. The topological polar surface area (TPSA) is 38.7 Å². The molecule has 0 aliphatic carbocycles. The Morgan fingerprint density at radius 2 is 0.649 bits per heavy atom. The van der Waals surface area contributed by atoms with Crippen LogP contribution in [0.4, 0.5) is 0 Å². The fourth-order valence-corrected chi connectivity index (χ4v) is 4.56. The highest BCUT2D eigenvalue weighted by Gasteiger charge is 2.11. The van der Waals surface area contributed by atoms with Crippen molar-refractivity contribution in [3.63, 3.8) is 0 Å². The highest BCUT2D eigenvalue weighted by molar-refractivity contribution is 6.28. The molecule has 37 heavy (non-hydrogen) atoms. The summed E-state index contributed by atoms with van der Waals surface area (Å²) in [5, 5.41) is 0.177. The van der Waals surface area contributed by atoms with Gasteiger partial charge in [-0.1, -0.05) is 115 Å². The first kappa shape index (κ1) is 22.8. The summed E-state index contributed by atoms with van der Waals surface area (Å²) in [7, 11) is 0. The van der Waals surface area contributed by atoms with Crippen molar-refractivity contribution in [1.82, 2.24) is 15.0 Å². The van der Waals surface area contributed by atoms with Gasteiger partial charge < -0.3 is 0 Å². The number of halogens is 1. The molecule has 0 aliphatic heterocycles. The van der Waals surface area contributed by atoms with E-state index >= 15 is 0 Å². The van der Waals surface area contributed by atoms with Gasteiger partial charge in [-0.25, -0.2) is 4.98 Å². The first-order valence-corrected chi connectivity index (χ1v) is 12.4. The molecule has 4 heteroatoms. The monoisotopic (exact) mass is 495 g/mol. The molecule has 6 rings (SSSR count). The van der Waals surface area contributed by atoms with Crippen molar-refractivity contribution < 1.29 is 0 Å². The Morgan fingerprint density at radius 3 is 1.08 bits per heavy atom. The van der Waals surface area contributed by atoms with Gasteiger partial charge in [0.2, 0.25) is 5.28 Å². The summed E-state index contributed by atoms with van der Waals surface area (Å²) in [5.41, 5.74) is 8.77. The number of hydrogen-bond acceptors (Lipinski definition) is 3.